The molecule has 0 spiro atoms. The summed E-state index contributed by atoms with van der Waals surface area (Å²) in [5.74, 6) is 0. The zero-order chi connectivity index (χ0) is 6.81. The summed E-state index contributed by atoms with van der Waals surface area (Å²) in [5.41, 5.74) is 2.27. The first kappa shape index (κ1) is 5.80. The number of nitrogens with zero attached hydrogens (tertiary/aromatic N) is 2. The van der Waals surface area contributed by atoms with E-state index >= 15 is 0 Å². The van der Waals surface area contributed by atoms with Crippen molar-refractivity contribution in [3.63, 3.8) is 0 Å². The third-order valence-corrected chi connectivity index (χ3v) is 1.62. The second-order valence-corrected chi connectivity index (χ2v) is 2.30. The van der Waals surface area contributed by atoms with E-state index in [9.17, 15) is 0 Å². The molecule has 0 atom stereocenters. The Kier molecular flexibility index (Phi) is 1.36. The molecule has 1 aliphatic rings. The van der Waals surface area contributed by atoms with Crippen LogP contribution in [0.15, 0.2) is 12.5 Å². The number of aromatic nitrogens is 2. The van der Waals surface area contributed by atoms with Gasteiger partial charge in [0.15, 0.2) is 0 Å². The largest absolute Gasteiger partial charge is 0.376 e. The Morgan fingerprint density at radius 3 is 3.40 bits per heavy atom. The molecule has 3 heteroatoms. The maximum atomic E-state index is 5.22. The van der Waals surface area contributed by atoms with Crippen LogP contribution in [0, 0.1) is 0 Å². The van der Waals surface area contributed by atoms with Gasteiger partial charge in [-0.05, 0) is 0 Å². The lowest BCUT2D eigenvalue weighted by Gasteiger charge is -2.13. The predicted molar refractivity (Wildman–Crippen MR) is 35.4 cm³/mol. The maximum absolute atomic E-state index is 5.22. The topological polar surface area (TPSA) is 35.0 Å². The van der Waals surface area contributed by atoms with Gasteiger partial charge in [0, 0.05) is 18.2 Å². The van der Waals surface area contributed by atoms with Crippen LogP contribution in [-0.2, 0) is 17.8 Å². The first-order chi connectivity index (χ1) is 4.97. The Morgan fingerprint density at radius 1 is 1.50 bits per heavy atom. The smallest absolute Gasteiger partial charge is 0.115 e. The molecule has 0 unspecified atom stereocenters. The highest BCUT2D eigenvalue weighted by Gasteiger charge is 2.08. The average Bonchev–Trinajstić information content (AvgIpc) is 2.05. The number of rotatable bonds is 0. The lowest BCUT2D eigenvalue weighted by atomic mass is 10.1. The van der Waals surface area contributed by atoms with Crippen LogP contribution in [0.1, 0.15) is 11.3 Å². The van der Waals surface area contributed by atoms with E-state index in [2.05, 4.69) is 9.97 Å². The molecule has 1 aromatic heterocycles. The van der Waals surface area contributed by atoms with E-state index in [0.717, 1.165) is 24.3 Å². The van der Waals surface area contributed by atoms with Crippen LogP contribution >= 0.6 is 0 Å². The minimum atomic E-state index is 0.677. The van der Waals surface area contributed by atoms with E-state index in [1.807, 2.05) is 6.20 Å². The second kappa shape index (κ2) is 2.34. The number of hydrogen-bond acceptors (Lipinski definition) is 3. The van der Waals surface area contributed by atoms with Gasteiger partial charge in [0.1, 0.15) is 6.33 Å². The van der Waals surface area contributed by atoms with Crippen LogP contribution in [0.25, 0.3) is 0 Å². The molecule has 2 heterocycles. The van der Waals surface area contributed by atoms with Gasteiger partial charge in [0.25, 0.3) is 0 Å². The Balaban J connectivity index is 2.41. The van der Waals surface area contributed by atoms with Gasteiger partial charge in [-0.2, -0.15) is 0 Å². The second-order valence-electron chi connectivity index (χ2n) is 2.30. The molecular formula is C7H8N2O. The van der Waals surface area contributed by atoms with Crippen LogP contribution in [-0.4, -0.2) is 16.6 Å². The Bertz CT molecular complexity index is 212. The zero-order valence-corrected chi connectivity index (χ0v) is 5.58. The number of hydrogen-bond donors (Lipinski definition) is 0. The number of fused-ring (bicyclic) bond motifs is 1. The highest BCUT2D eigenvalue weighted by molar-refractivity contribution is 5.16. The van der Waals surface area contributed by atoms with Gasteiger partial charge in [0.2, 0.25) is 0 Å². The molecule has 0 aliphatic carbocycles. The molecule has 1 aromatic rings. The van der Waals surface area contributed by atoms with Crippen molar-refractivity contribution < 1.29 is 4.74 Å². The SMILES string of the molecule is c1ncc2c(n1)CCOC2. The molecule has 3 nitrogen and oxygen atoms in total. The Labute approximate surface area is 59.1 Å². The van der Waals surface area contributed by atoms with Gasteiger partial charge in [-0.1, -0.05) is 0 Å². The highest BCUT2D eigenvalue weighted by Crippen LogP contribution is 2.11. The van der Waals surface area contributed by atoms with E-state index in [4.69, 9.17) is 4.74 Å². The van der Waals surface area contributed by atoms with Gasteiger partial charge < -0.3 is 4.74 Å². The van der Waals surface area contributed by atoms with Crippen molar-refractivity contribution in [3.8, 4) is 0 Å². The number of ether oxygens (including phenoxy) is 1. The van der Waals surface area contributed by atoms with Gasteiger partial charge in [0.05, 0.1) is 18.9 Å². The third-order valence-electron chi connectivity index (χ3n) is 1.62. The quantitative estimate of drug-likeness (QED) is 0.522. The standard InChI is InChI=1S/C7H8N2O/c1-2-10-4-6-3-8-5-9-7(1)6/h3,5H,1-2,4H2. The fourth-order valence-electron chi connectivity index (χ4n) is 1.08. The van der Waals surface area contributed by atoms with Crippen molar-refractivity contribution in [1.82, 2.24) is 9.97 Å². The summed E-state index contributed by atoms with van der Waals surface area (Å²) in [4.78, 5) is 8.04. The Hall–Kier alpha value is -0.960. The Morgan fingerprint density at radius 2 is 2.50 bits per heavy atom. The molecule has 10 heavy (non-hydrogen) atoms. The lowest BCUT2D eigenvalue weighted by Crippen LogP contribution is -2.11. The van der Waals surface area contributed by atoms with Crippen molar-refractivity contribution in [2.24, 2.45) is 0 Å². The summed E-state index contributed by atoms with van der Waals surface area (Å²) < 4.78 is 5.22. The molecule has 1 aliphatic heterocycles. The maximum Gasteiger partial charge on any atom is 0.115 e. The highest BCUT2D eigenvalue weighted by atomic mass is 16.5. The zero-order valence-electron chi connectivity index (χ0n) is 5.58. The first-order valence-electron chi connectivity index (χ1n) is 3.32. The molecule has 0 fully saturated rings. The normalized spacial score (nSPS) is 16.4. The van der Waals surface area contributed by atoms with E-state index in [1.54, 1.807) is 6.33 Å². The molecular weight excluding hydrogens is 128 g/mol. The van der Waals surface area contributed by atoms with E-state index in [-0.39, 0.29) is 0 Å². The van der Waals surface area contributed by atoms with Crippen LogP contribution in [0.3, 0.4) is 0 Å². The molecule has 0 amide bonds. The van der Waals surface area contributed by atoms with Gasteiger partial charge >= 0.3 is 0 Å². The minimum Gasteiger partial charge on any atom is -0.376 e. The summed E-state index contributed by atoms with van der Waals surface area (Å²) in [6.45, 7) is 1.47. The molecule has 0 N–H and O–H groups in total. The van der Waals surface area contributed by atoms with Crippen LogP contribution in [0.4, 0.5) is 0 Å². The van der Waals surface area contributed by atoms with Crippen molar-refractivity contribution in [3.05, 3.63) is 23.8 Å². The van der Waals surface area contributed by atoms with Crippen molar-refractivity contribution in [1.29, 1.82) is 0 Å². The molecule has 0 saturated carbocycles. The van der Waals surface area contributed by atoms with Crippen LogP contribution in [0.2, 0.25) is 0 Å². The average molecular weight is 136 g/mol. The van der Waals surface area contributed by atoms with E-state index < -0.39 is 0 Å². The molecule has 52 valence electrons. The summed E-state index contributed by atoms with van der Waals surface area (Å²) in [5, 5.41) is 0. The fraction of sp³-hybridized carbons (Fsp3) is 0.429. The van der Waals surface area contributed by atoms with Gasteiger partial charge in [-0.15, -0.1) is 0 Å². The summed E-state index contributed by atoms with van der Waals surface area (Å²) in [6, 6.07) is 0. The summed E-state index contributed by atoms with van der Waals surface area (Å²) in [7, 11) is 0. The summed E-state index contributed by atoms with van der Waals surface area (Å²) >= 11 is 0. The van der Waals surface area contributed by atoms with Crippen molar-refractivity contribution in [2.45, 2.75) is 13.0 Å². The minimum absolute atomic E-state index is 0.677. The lowest BCUT2D eigenvalue weighted by molar-refractivity contribution is 0.109. The monoisotopic (exact) mass is 136 g/mol. The molecule has 0 saturated heterocycles. The third kappa shape index (κ3) is 0.885. The predicted octanol–water partition coefficient (Wildman–Crippen LogP) is 0.549. The molecule has 2 rings (SSSR count). The van der Waals surface area contributed by atoms with Gasteiger partial charge in [-0.3, -0.25) is 0 Å². The van der Waals surface area contributed by atoms with Gasteiger partial charge in [-0.25, -0.2) is 9.97 Å². The molecule has 0 bridgehead atoms. The van der Waals surface area contributed by atoms with Crippen LogP contribution < -0.4 is 0 Å². The van der Waals surface area contributed by atoms with Crippen molar-refractivity contribution >= 4 is 0 Å². The molecule has 0 aromatic carbocycles. The summed E-state index contributed by atoms with van der Waals surface area (Å²) in [6.07, 6.45) is 4.34. The van der Waals surface area contributed by atoms with E-state index in [1.165, 1.54) is 0 Å². The molecule has 0 radical (unpaired) electrons. The first-order valence-corrected chi connectivity index (χ1v) is 3.32. The van der Waals surface area contributed by atoms with Crippen LogP contribution in [0.5, 0.6) is 0 Å². The van der Waals surface area contributed by atoms with E-state index in [0.29, 0.717) is 6.61 Å². The van der Waals surface area contributed by atoms with Crippen molar-refractivity contribution in [2.75, 3.05) is 6.61 Å². The fourth-order valence-corrected chi connectivity index (χ4v) is 1.08.